The number of carbonyl (C=O) groups is 1. The van der Waals surface area contributed by atoms with Gasteiger partial charge in [0.2, 0.25) is 5.91 Å². The van der Waals surface area contributed by atoms with Crippen LogP contribution in [-0.4, -0.2) is 11.9 Å². The molecule has 0 saturated heterocycles. The fourth-order valence-electron chi connectivity index (χ4n) is 9.86. The van der Waals surface area contributed by atoms with Gasteiger partial charge in [-0.15, -0.1) is 0 Å². The SMILES string of the molecule is CC(=O)NC1C[C@H]2[C@@H]3CCC4CCCC[C@]4(C)[C@H]3CC[C@]2(C)[C@H]1[C@H](C)CCCC(C)C. The highest BCUT2D eigenvalue weighted by Crippen LogP contribution is 2.68. The summed E-state index contributed by atoms with van der Waals surface area (Å²) in [6, 6.07) is 0.400. The van der Waals surface area contributed by atoms with Gasteiger partial charge in [0.1, 0.15) is 0 Å². The van der Waals surface area contributed by atoms with Crippen LogP contribution in [0, 0.1) is 52.3 Å². The van der Waals surface area contributed by atoms with Crippen molar-refractivity contribution < 1.29 is 4.79 Å². The van der Waals surface area contributed by atoms with Gasteiger partial charge in [0, 0.05) is 13.0 Å². The highest BCUT2D eigenvalue weighted by molar-refractivity contribution is 5.73. The molecule has 2 heteroatoms. The molecule has 0 bridgehead atoms. The van der Waals surface area contributed by atoms with Gasteiger partial charge in [0.05, 0.1) is 0 Å². The zero-order valence-electron chi connectivity index (χ0n) is 21.5. The van der Waals surface area contributed by atoms with E-state index in [4.69, 9.17) is 0 Å². The first-order valence-corrected chi connectivity index (χ1v) is 13.9. The molecule has 4 rings (SSSR count). The second-order valence-electron chi connectivity index (χ2n) is 13.3. The number of amides is 1. The van der Waals surface area contributed by atoms with Crippen LogP contribution >= 0.6 is 0 Å². The lowest BCUT2D eigenvalue weighted by molar-refractivity contribution is -0.120. The first-order chi connectivity index (χ1) is 14.7. The molecule has 4 aliphatic rings. The molecule has 31 heavy (non-hydrogen) atoms. The number of nitrogens with one attached hydrogen (secondary N) is 1. The topological polar surface area (TPSA) is 29.1 Å². The van der Waals surface area contributed by atoms with Crippen LogP contribution in [0.1, 0.15) is 119 Å². The van der Waals surface area contributed by atoms with E-state index in [1.54, 1.807) is 6.92 Å². The van der Waals surface area contributed by atoms with Crippen molar-refractivity contribution in [2.75, 3.05) is 0 Å². The first-order valence-electron chi connectivity index (χ1n) is 13.9. The summed E-state index contributed by atoms with van der Waals surface area (Å²) in [5.41, 5.74) is 1.02. The monoisotopic (exact) mass is 429 g/mol. The molecule has 0 aromatic carbocycles. The maximum atomic E-state index is 12.2. The van der Waals surface area contributed by atoms with E-state index >= 15 is 0 Å². The van der Waals surface area contributed by atoms with E-state index in [0.717, 1.165) is 29.6 Å². The number of hydrogen-bond donors (Lipinski definition) is 1. The van der Waals surface area contributed by atoms with Crippen LogP contribution in [0.2, 0.25) is 0 Å². The molecular weight excluding hydrogens is 378 g/mol. The van der Waals surface area contributed by atoms with E-state index in [9.17, 15) is 4.79 Å². The van der Waals surface area contributed by atoms with Crippen molar-refractivity contribution >= 4 is 5.91 Å². The standard InChI is InChI=1S/C29H51NO/c1-19(2)10-9-11-20(3)27-26(30-21(4)31)18-25-23-14-13-22-12-7-8-16-28(22,5)24(23)15-17-29(25,27)6/h19-20,22-27H,7-18H2,1-6H3,(H,30,31)/t20-,22?,23-,24+,25+,26?,27+,28+,29+/m1/s1. The average Bonchev–Trinajstić information content (AvgIpc) is 2.98. The van der Waals surface area contributed by atoms with Gasteiger partial charge in [0.15, 0.2) is 0 Å². The third-order valence-corrected chi connectivity index (χ3v) is 11.2. The minimum absolute atomic E-state index is 0.186. The first kappa shape index (κ1) is 23.6. The summed E-state index contributed by atoms with van der Waals surface area (Å²) in [5, 5.41) is 3.48. The van der Waals surface area contributed by atoms with Crippen LogP contribution in [0.4, 0.5) is 0 Å². The fraction of sp³-hybridized carbons (Fsp3) is 0.966. The molecule has 9 atom stereocenters. The molecule has 1 amide bonds. The minimum atomic E-state index is 0.186. The Kier molecular flexibility index (Phi) is 6.87. The van der Waals surface area contributed by atoms with Gasteiger partial charge in [-0.05, 0) is 97.2 Å². The van der Waals surface area contributed by atoms with Crippen molar-refractivity contribution in [3.8, 4) is 0 Å². The van der Waals surface area contributed by atoms with Gasteiger partial charge >= 0.3 is 0 Å². The van der Waals surface area contributed by atoms with Gasteiger partial charge in [-0.2, -0.15) is 0 Å². The van der Waals surface area contributed by atoms with E-state index in [1.807, 2.05) is 0 Å². The predicted molar refractivity (Wildman–Crippen MR) is 131 cm³/mol. The van der Waals surface area contributed by atoms with Crippen molar-refractivity contribution in [2.24, 2.45) is 52.3 Å². The molecule has 1 N–H and O–H groups in total. The van der Waals surface area contributed by atoms with Crippen LogP contribution < -0.4 is 5.32 Å². The second-order valence-corrected chi connectivity index (χ2v) is 13.3. The molecule has 0 radical (unpaired) electrons. The molecule has 4 saturated carbocycles. The molecule has 2 unspecified atom stereocenters. The summed E-state index contributed by atoms with van der Waals surface area (Å²) in [4.78, 5) is 12.2. The average molecular weight is 430 g/mol. The predicted octanol–water partition coefficient (Wildman–Crippen LogP) is 7.61. The Morgan fingerprint density at radius 2 is 1.71 bits per heavy atom. The van der Waals surface area contributed by atoms with Crippen LogP contribution in [0.15, 0.2) is 0 Å². The normalized spacial score (nSPS) is 45.5. The smallest absolute Gasteiger partial charge is 0.217 e. The van der Waals surface area contributed by atoms with Crippen molar-refractivity contribution in [1.82, 2.24) is 5.32 Å². The number of carbonyl (C=O) groups excluding carboxylic acids is 1. The quantitative estimate of drug-likeness (QED) is 0.462. The molecule has 0 spiro atoms. The summed E-state index contributed by atoms with van der Waals surface area (Å²) in [5.74, 6) is 6.01. The van der Waals surface area contributed by atoms with Gasteiger partial charge in [-0.3, -0.25) is 4.79 Å². The molecule has 2 nitrogen and oxygen atoms in total. The molecule has 0 aliphatic heterocycles. The Bertz CT molecular complexity index is 643. The van der Waals surface area contributed by atoms with Crippen molar-refractivity contribution in [2.45, 2.75) is 125 Å². The molecule has 0 aromatic rings. The summed E-state index contributed by atoms with van der Waals surface area (Å²) in [7, 11) is 0. The number of fused-ring (bicyclic) bond motifs is 5. The molecular formula is C29H51NO. The summed E-state index contributed by atoms with van der Waals surface area (Å²) in [6.07, 6.45) is 17.0. The fourth-order valence-corrected chi connectivity index (χ4v) is 9.86. The highest BCUT2D eigenvalue weighted by Gasteiger charge is 2.62. The molecule has 178 valence electrons. The zero-order valence-corrected chi connectivity index (χ0v) is 21.5. The van der Waals surface area contributed by atoms with Crippen molar-refractivity contribution in [1.29, 1.82) is 0 Å². The van der Waals surface area contributed by atoms with Crippen LogP contribution in [0.5, 0.6) is 0 Å². The van der Waals surface area contributed by atoms with Crippen LogP contribution in [0.3, 0.4) is 0 Å². The maximum Gasteiger partial charge on any atom is 0.217 e. The van der Waals surface area contributed by atoms with E-state index in [-0.39, 0.29) is 5.91 Å². The van der Waals surface area contributed by atoms with Gasteiger partial charge in [0.25, 0.3) is 0 Å². The lowest BCUT2D eigenvalue weighted by Crippen LogP contribution is -2.53. The highest BCUT2D eigenvalue weighted by atomic mass is 16.1. The van der Waals surface area contributed by atoms with E-state index in [0.29, 0.717) is 28.7 Å². The lowest BCUT2D eigenvalue weighted by Gasteiger charge is -2.60. The van der Waals surface area contributed by atoms with Crippen LogP contribution in [-0.2, 0) is 4.79 Å². The van der Waals surface area contributed by atoms with Gasteiger partial charge in [-0.1, -0.05) is 66.7 Å². The summed E-state index contributed by atoms with van der Waals surface area (Å²) >= 11 is 0. The minimum Gasteiger partial charge on any atom is -0.353 e. The van der Waals surface area contributed by atoms with E-state index < -0.39 is 0 Å². The van der Waals surface area contributed by atoms with Gasteiger partial charge < -0.3 is 5.32 Å². The lowest BCUT2D eigenvalue weighted by atomic mass is 9.44. The third kappa shape index (κ3) is 4.23. The summed E-state index contributed by atoms with van der Waals surface area (Å²) < 4.78 is 0. The second kappa shape index (κ2) is 9.02. The Labute approximate surface area is 193 Å². The van der Waals surface area contributed by atoms with Crippen molar-refractivity contribution in [3.63, 3.8) is 0 Å². The van der Waals surface area contributed by atoms with E-state index in [2.05, 4.69) is 39.9 Å². The Hall–Kier alpha value is -0.530. The third-order valence-electron chi connectivity index (χ3n) is 11.2. The summed E-state index contributed by atoms with van der Waals surface area (Å²) in [6.45, 7) is 14.3. The number of rotatable bonds is 6. The molecule has 4 fully saturated rings. The molecule has 0 heterocycles. The largest absolute Gasteiger partial charge is 0.353 e. The van der Waals surface area contributed by atoms with Gasteiger partial charge in [-0.25, -0.2) is 0 Å². The zero-order chi connectivity index (χ0) is 22.4. The van der Waals surface area contributed by atoms with Crippen LogP contribution in [0.25, 0.3) is 0 Å². The molecule has 4 aliphatic carbocycles. The Morgan fingerprint density at radius 1 is 0.935 bits per heavy atom. The Morgan fingerprint density at radius 3 is 2.42 bits per heavy atom. The van der Waals surface area contributed by atoms with E-state index in [1.165, 1.54) is 77.0 Å². The number of hydrogen-bond acceptors (Lipinski definition) is 1. The maximum absolute atomic E-state index is 12.2. The Balaban J connectivity index is 1.57. The van der Waals surface area contributed by atoms with Crippen molar-refractivity contribution in [3.05, 3.63) is 0 Å². The molecule has 0 aromatic heterocycles.